The van der Waals surface area contributed by atoms with Crippen LogP contribution in [-0.2, 0) is 9.47 Å². The highest BCUT2D eigenvalue weighted by atomic mass is 16.7. The van der Waals surface area contributed by atoms with Gasteiger partial charge >= 0.3 is 0 Å². The number of benzene rings is 1. The van der Waals surface area contributed by atoms with Crippen molar-refractivity contribution >= 4 is 23.3 Å². The lowest BCUT2D eigenvalue weighted by molar-refractivity contribution is -0.169. The van der Waals surface area contributed by atoms with Gasteiger partial charge in [0, 0.05) is 43.4 Å². The van der Waals surface area contributed by atoms with Gasteiger partial charge in [0.25, 0.3) is 5.91 Å². The zero-order valence-electron chi connectivity index (χ0n) is 15.7. The highest BCUT2D eigenvalue weighted by Crippen LogP contribution is 2.32. The van der Waals surface area contributed by atoms with Gasteiger partial charge in [0.05, 0.1) is 13.2 Å². The summed E-state index contributed by atoms with van der Waals surface area (Å²) in [6, 6.07) is 8.34. The van der Waals surface area contributed by atoms with Gasteiger partial charge in [-0.2, -0.15) is 0 Å². The first-order chi connectivity index (χ1) is 13.5. The molecule has 0 radical (unpaired) electrons. The molecule has 0 atom stereocenters. The molecule has 2 aromatic rings. The molecular formula is C20H22N4O4. The third-order valence-electron chi connectivity index (χ3n) is 5.05. The zero-order valence-corrected chi connectivity index (χ0v) is 15.7. The van der Waals surface area contributed by atoms with Crippen LogP contribution in [0, 0.1) is 0 Å². The molecule has 1 aromatic carbocycles. The predicted molar refractivity (Wildman–Crippen MR) is 103 cm³/mol. The molecule has 2 aliphatic heterocycles. The van der Waals surface area contributed by atoms with E-state index in [9.17, 15) is 9.59 Å². The Morgan fingerprint density at radius 3 is 2.39 bits per heavy atom. The molecule has 0 unspecified atom stereocenters. The van der Waals surface area contributed by atoms with E-state index in [1.165, 1.54) is 6.92 Å². The monoisotopic (exact) mass is 382 g/mol. The van der Waals surface area contributed by atoms with Crippen LogP contribution in [0.25, 0.3) is 0 Å². The molecule has 8 heteroatoms. The van der Waals surface area contributed by atoms with E-state index in [-0.39, 0.29) is 17.4 Å². The smallest absolute Gasteiger partial charge is 0.274 e. The van der Waals surface area contributed by atoms with Crippen molar-refractivity contribution in [1.82, 2.24) is 9.97 Å². The van der Waals surface area contributed by atoms with Crippen LogP contribution in [0.4, 0.5) is 11.6 Å². The first kappa shape index (κ1) is 18.5. The minimum Gasteiger partial charge on any atom is -0.347 e. The topological polar surface area (TPSA) is 93.7 Å². The van der Waals surface area contributed by atoms with E-state index in [0.717, 1.165) is 12.8 Å². The number of Topliss-reactive ketones (excluding diaryl/α,β-unsaturated/α-hetero) is 1. The maximum atomic E-state index is 12.5. The van der Waals surface area contributed by atoms with Crippen molar-refractivity contribution in [2.75, 3.05) is 36.5 Å². The summed E-state index contributed by atoms with van der Waals surface area (Å²) < 4.78 is 11.5. The molecule has 1 spiro atoms. The fourth-order valence-electron chi connectivity index (χ4n) is 3.44. The van der Waals surface area contributed by atoms with Gasteiger partial charge in [-0.25, -0.2) is 9.97 Å². The second kappa shape index (κ2) is 7.65. The van der Waals surface area contributed by atoms with E-state index < -0.39 is 5.79 Å². The van der Waals surface area contributed by atoms with Crippen molar-refractivity contribution in [2.45, 2.75) is 25.6 Å². The largest absolute Gasteiger partial charge is 0.347 e. The Bertz CT molecular complexity index is 868. The number of piperidine rings is 1. The molecule has 146 valence electrons. The summed E-state index contributed by atoms with van der Waals surface area (Å²) in [6.07, 6.45) is 3.08. The fourth-order valence-corrected chi connectivity index (χ4v) is 3.44. The highest BCUT2D eigenvalue weighted by molar-refractivity contribution is 6.03. The molecule has 1 N–H and O–H groups in total. The summed E-state index contributed by atoms with van der Waals surface area (Å²) in [4.78, 5) is 34.7. The van der Waals surface area contributed by atoms with E-state index in [4.69, 9.17) is 9.47 Å². The minimum absolute atomic E-state index is 0.0185. The SMILES string of the molecule is CC(=O)c1ccc(NC(=O)c2ccnc(N3CCC4(CC3)OCCO4)n2)cc1. The lowest BCUT2D eigenvalue weighted by Gasteiger charge is -2.37. The molecule has 0 bridgehead atoms. The average Bonchev–Trinajstić information content (AvgIpc) is 3.17. The van der Waals surface area contributed by atoms with Gasteiger partial charge < -0.3 is 19.7 Å². The number of aromatic nitrogens is 2. The van der Waals surface area contributed by atoms with Crippen LogP contribution in [0.1, 0.15) is 40.6 Å². The molecule has 2 fully saturated rings. The maximum absolute atomic E-state index is 12.5. The molecule has 2 saturated heterocycles. The summed E-state index contributed by atoms with van der Waals surface area (Å²) in [5.74, 6) is -0.282. The minimum atomic E-state index is -0.461. The van der Waals surface area contributed by atoms with Crippen molar-refractivity contribution in [3.8, 4) is 0 Å². The fraction of sp³-hybridized carbons (Fsp3) is 0.400. The maximum Gasteiger partial charge on any atom is 0.274 e. The molecule has 1 aromatic heterocycles. The van der Waals surface area contributed by atoms with Crippen molar-refractivity contribution in [3.05, 3.63) is 47.8 Å². The van der Waals surface area contributed by atoms with Crippen molar-refractivity contribution < 1.29 is 19.1 Å². The van der Waals surface area contributed by atoms with E-state index in [0.29, 0.717) is 43.5 Å². The van der Waals surface area contributed by atoms with Gasteiger partial charge in [-0.3, -0.25) is 9.59 Å². The van der Waals surface area contributed by atoms with Gasteiger partial charge in [-0.1, -0.05) is 0 Å². The lowest BCUT2D eigenvalue weighted by atomic mass is 10.0. The van der Waals surface area contributed by atoms with Crippen LogP contribution in [0.3, 0.4) is 0 Å². The number of carbonyl (C=O) groups excluding carboxylic acids is 2. The average molecular weight is 382 g/mol. The molecule has 3 heterocycles. The van der Waals surface area contributed by atoms with E-state index in [1.807, 2.05) is 4.90 Å². The number of rotatable bonds is 4. The van der Waals surface area contributed by atoms with Gasteiger partial charge in [-0.15, -0.1) is 0 Å². The number of ketones is 1. The molecule has 1 amide bonds. The molecular weight excluding hydrogens is 360 g/mol. The van der Waals surface area contributed by atoms with Crippen LogP contribution >= 0.6 is 0 Å². The summed E-state index contributed by atoms with van der Waals surface area (Å²) in [5, 5.41) is 2.80. The third kappa shape index (κ3) is 3.88. The number of hydrogen-bond donors (Lipinski definition) is 1. The van der Waals surface area contributed by atoms with Gasteiger partial charge in [0.15, 0.2) is 11.6 Å². The van der Waals surface area contributed by atoms with Crippen molar-refractivity contribution in [1.29, 1.82) is 0 Å². The number of nitrogens with zero attached hydrogens (tertiary/aromatic N) is 3. The van der Waals surface area contributed by atoms with Crippen molar-refractivity contribution in [2.24, 2.45) is 0 Å². The van der Waals surface area contributed by atoms with Crippen LogP contribution in [-0.4, -0.2) is 53.7 Å². The van der Waals surface area contributed by atoms with Crippen LogP contribution < -0.4 is 10.2 Å². The second-order valence-corrected chi connectivity index (χ2v) is 6.92. The molecule has 8 nitrogen and oxygen atoms in total. The number of anilines is 2. The quantitative estimate of drug-likeness (QED) is 0.811. The van der Waals surface area contributed by atoms with Crippen LogP contribution in [0.15, 0.2) is 36.5 Å². The zero-order chi connectivity index (χ0) is 19.6. The summed E-state index contributed by atoms with van der Waals surface area (Å²) in [7, 11) is 0. The molecule has 28 heavy (non-hydrogen) atoms. The first-order valence-corrected chi connectivity index (χ1v) is 9.33. The van der Waals surface area contributed by atoms with E-state index >= 15 is 0 Å². The Morgan fingerprint density at radius 2 is 1.75 bits per heavy atom. The van der Waals surface area contributed by atoms with Gasteiger partial charge in [0.2, 0.25) is 5.95 Å². The highest BCUT2D eigenvalue weighted by Gasteiger charge is 2.40. The summed E-state index contributed by atoms with van der Waals surface area (Å²) in [5.41, 5.74) is 1.49. The molecule has 0 aliphatic carbocycles. The van der Waals surface area contributed by atoms with Crippen LogP contribution in [0.5, 0.6) is 0 Å². The Morgan fingerprint density at radius 1 is 1.07 bits per heavy atom. The Kier molecular flexibility index (Phi) is 5.06. The number of hydrogen-bond acceptors (Lipinski definition) is 7. The summed E-state index contributed by atoms with van der Waals surface area (Å²) in [6.45, 7) is 4.19. The first-order valence-electron chi connectivity index (χ1n) is 9.33. The Balaban J connectivity index is 1.41. The standard InChI is InChI=1S/C20H22N4O4/c1-14(25)15-2-4-16(5-3-15)22-18(26)17-6-9-21-19(23-17)24-10-7-20(8-11-24)27-12-13-28-20/h2-6,9H,7-8,10-13H2,1H3,(H,22,26). The third-order valence-corrected chi connectivity index (χ3v) is 5.05. The lowest BCUT2D eigenvalue weighted by Crippen LogP contribution is -2.45. The molecule has 0 saturated carbocycles. The van der Waals surface area contributed by atoms with Crippen molar-refractivity contribution in [3.63, 3.8) is 0 Å². The van der Waals surface area contributed by atoms with Gasteiger partial charge in [0.1, 0.15) is 5.69 Å². The van der Waals surface area contributed by atoms with Crippen LogP contribution in [0.2, 0.25) is 0 Å². The number of nitrogens with one attached hydrogen (secondary N) is 1. The summed E-state index contributed by atoms with van der Waals surface area (Å²) >= 11 is 0. The predicted octanol–water partition coefficient (Wildman–Crippen LogP) is 2.27. The Hall–Kier alpha value is -2.84. The molecule has 2 aliphatic rings. The van der Waals surface area contributed by atoms with E-state index in [2.05, 4.69) is 15.3 Å². The Labute approximate surface area is 162 Å². The number of carbonyl (C=O) groups is 2. The van der Waals surface area contributed by atoms with E-state index in [1.54, 1.807) is 36.5 Å². The van der Waals surface area contributed by atoms with Gasteiger partial charge in [-0.05, 0) is 37.3 Å². The number of ether oxygens (including phenoxy) is 2. The number of amides is 1. The normalized spacial score (nSPS) is 18.2. The molecule has 4 rings (SSSR count). The second-order valence-electron chi connectivity index (χ2n) is 6.92.